The summed E-state index contributed by atoms with van der Waals surface area (Å²) in [4.78, 5) is 14.0. The number of thioether (sulfide) groups is 1. The monoisotopic (exact) mass is 319 g/mol. The first-order valence-electron chi connectivity index (χ1n) is 6.99. The zero-order chi connectivity index (χ0) is 15.5. The molecule has 5 nitrogen and oxygen atoms in total. The summed E-state index contributed by atoms with van der Waals surface area (Å²) < 4.78 is 0.369. The molecule has 1 unspecified atom stereocenters. The van der Waals surface area contributed by atoms with E-state index in [-0.39, 0.29) is 10.8 Å². The Hall–Kier alpha value is -0.530. The molecule has 0 saturated carbocycles. The van der Waals surface area contributed by atoms with Gasteiger partial charge in [0.05, 0.1) is 4.75 Å². The number of rotatable bonds is 5. The Kier molecular flexibility index (Phi) is 6.09. The van der Waals surface area contributed by atoms with E-state index in [0.717, 1.165) is 22.2 Å². The number of amides is 2. The second kappa shape index (κ2) is 6.95. The van der Waals surface area contributed by atoms with Crippen LogP contribution >= 0.6 is 24.0 Å². The van der Waals surface area contributed by atoms with E-state index < -0.39 is 12.2 Å². The van der Waals surface area contributed by atoms with Crippen molar-refractivity contribution in [2.75, 3.05) is 6.54 Å². The van der Waals surface area contributed by atoms with E-state index in [4.69, 9.17) is 12.2 Å². The van der Waals surface area contributed by atoms with Crippen LogP contribution < -0.4 is 5.32 Å². The predicted octanol–water partition coefficient (Wildman–Crippen LogP) is 3.03. The minimum absolute atomic E-state index is 0.125. The lowest BCUT2D eigenvalue weighted by atomic mass is 10.1. The molecule has 0 aliphatic carbocycles. The van der Waals surface area contributed by atoms with E-state index in [0.29, 0.717) is 6.54 Å². The Morgan fingerprint density at radius 2 is 2.20 bits per heavy atom. The average Bonchev–Trinajstić information content (AvgIpc) is 2.57. The molecule has 1 rings (SSSR count). The van der Waals surface area contributed by atoms with Crippen molar-refractivity contribution in [1.29, 1.82) is 0 Å². The highest BCUT2D eigenvalue weighted by atomic mass is 32.2. The first-order chi connectivity index (χ1) is 9.22. The van der Waals surface area contributed by atoms with Crippen LogP contribution in [-0.4, -0.2) is 49.0 Å². The third kappa shape index (κ3) is 3.77. The predicted molar refractivity (Wildman–Crippen MR) is 87.0 cm³/mol. The van der Waals surface area contributed by atoms with Crippen molar-refractivity contribution in [3.63, 3.8) is 0 Å². The number of nitrogens with zero attached hydrogens (tertiary/aromatic N) is 2. The first kappa shape index (κ1) is 17.5. The van der Waals surface area contributed by atoms with Crippen LogP contribution in [0.15, 0.2) is 0 Å². The molecule has 20 heavy (non-hydrogen) atoms. The molecule has 0 aromatic heterocycles. The Morgan fingerprint density at radius 1 is 1.60 bits per heavy atom. The lowest BCUT2D eigenvalue weighted by molar-refractivity contribution is -0.123. The maximum absolute atomic E-state index is 12.1. The summed E-state index contributed by atoms with van der Waals surface area (Å²) in [5, 5.41) is 13.8. The number of carbonyl (C=O) groups excluding carboxylic acids is 1. The molecule has 116 valence electrons. The lowest BCUT2D eigenvalue weighted by Crippen LogP contribution is -2.58. The molecule has 2 amide bonds. The molecule has 0 radical (unpaired) electrons. The summed E-state index contributed by atoms with van der Waals surface area (Å²) in [6.07, 6.45) is 1.44. The Morgan fingerprint density at radius 3 is 2.70 bits per heavy atom. The van der Waals surface area contributed by atoms with Crippen molar-refractivity contribution in [3.05, 3.63) is 0 Å². The number of hydrogen-bond acceptors (Lipinski definition) is 4. The Balaban J connectivity index is 2.84. The van der Waals surface area contributed by atoms with E-state index in [2.05, 4.69) is 12.2 Å². The van der Waals surface area contributed by atoms with Gasteiger partial charge in [-0.05, 0) is 34.1 Å². The van der Waals surface area contributed by atoms with Gasteiger partial charge in [-0.3, -0.25) is 5.21 Å². The van der Waals surface area contributed by atoms with Gasteiger partial charge in [0.15, 0.2) is 0 Å². The van der Waals surface area contributed by atoms with E-state index in [1.54, 1.807) is 0 Å². The number of carbonyl (C=O) groups is 1. The fourth-order valence-electron chi connectivity index (χ4n) is 2.23. The number of urea groups is 1. The van der Waals surface area contributed by atoms with Gasteiger partial charge in [-0.2, -0.15) is 5.06 Å². The summed E-state index contributed by atoms with van der Waals surface area (Å²) in [7, 11) is 0. The van der Waals surface area contributed by atoms with Crippen molar-refractivity contribution in [3.8, 4) is 0 Å². The number of unbranched alkanes of at least 4 members (excludes halogenated alkanes) is 1. The molecule has 0 aromatic rings. The van der Waals surface area contributed by atoms with Gasteiger partial charge in [0.1, 0.15) is 10.5 Å². The number of thiocarbonyl (C=S) groups is 1. The summed E-state index contributed by atoms with van der Waals surface area (Å²) in [6.45, 7) is 10.6. The highest BCUT2D eigenvalue weighted by molar-refractivity contribution is 8.24. The molecule has 1 saturated heterocycles. The normalized spacial score (nSPS) is 21.4. The topological polar surface area (TPSA) is 55.8 Å². The van der Waals surface area contributed by atoms with Gasteiger partial charge in [-0.1, -0.05) is 37.3 Å². The van der Waals surface area contributed by atoms with E-state index >= 15 is 0 Å². The minimum atomic E-state index is -0.465. The van der Waals surface area contributed by atoms with Gasteiger partial charge in [-0.25, -0.2) is 4.79 Å². The van der Waals surface area contributed by atoms with Crippen LogP contribution in [0.1, 0.15) is 47.5 Å². The van der Waals surface area contributed by atoms with Crippen LogP contribution in [0.5, 0.6) is 0 Å². The van der Waals surface area contributed by atoms with Crippen molar-refractivity contribution < 1.29 is 10.0 Å². The van der Waals surface area contributed by atoms with Gasteiger partial charge in [0.2, 0.25) is 0 Å². The fraction of sp³-hybridized carbons (Fsp3) is 0.846. The van der Waals surface area contributed by atoms with Crippen LogP contribution in [-0.2, 0) is 0 Å². The molecular formula is C13H25N3O2S2. The van der Waals surface area contributed by atoms with Crippen molar-refractivity contribution >= 4 is 34.3 Å². The molecule has 0 bridgehead atoms. The number of hydroxylamine groups is 2. The smallest absolute Gasteiger partial charge is 0.336 e. The molecule has 0 spiro atoms. The lowest BCUT2D eigenvalue weighted by Gasteiger charge is -2.38. The molecule has 2 N–H and O–H groups in total. The maximum atomic E-state index is 12.1. The maximum Gasteiger partial charge on any atom is 0.343 e. The van der Waals surface area contributed by atoms with Crippen LogP contribution in [0.4, 0.5) is 4.79 Å². The van der Waals surface area contributed by atoms with Crippen LogP contribution in [0, 0.1) is 0 Å². The fourth-order valence-corrected chi connectivity index (χ4v) is 4.37. The SMILES string of the molecule is CCCCNC(=O)N(O)C1N(C(C)C)C(=S)SC1(C)C. The van der Waals surface area contributed by atoms with Crippen LogP contribution in [0.2, 0.25) is 0 Å². The van der Waals surface area contributed by atoms with Gasteiger partial charge in [0.25, 0.3) is 0 Å². The van der Waals surface area contributed by atoms with E-state index in [1.807, 2.05) is 32.6 Å². The van der Waals surface area contributed by atoms with E-state index in [9.17, 15) is 10.0 Å². The molecule has 1 aliphatic heterocycles. The second-order valence-corrected chi connectivity index (χ2v) is 8.06. The Bertz CT molecular complexity index is 375. The summed E-state index contributed by atoms with van der Waals surface area (Å²) in [5.74, 6) is 0. The van der Waals surface area contributed by atoms with Gasteiger partial charge < -0.3 is 10.2 Å². The van der Waals surface area contributed by atoms with Gasteiger partial charge in [-0.15, -0.1) is 0 Å². The Labute approximate surface area is 131 Å². The summed E-state index contributed by atoms with van der Waals surface area (Å²) in [6, 6.07) is -0.340. The molecule has 0 aromatic carbocycles. The van der Waals surface area contributed by atoms with Crippen molar-refractivity contribution in [1.82, 2.24) is 15.3 Å². The largest absolute Gasteiger partial charge is 0.343 e. The zero-order valence-electron chi connectivity index (χ0n) is 12.8. The molecule has 1 fully saturated rings. The second-order valence-electron chi connectivity index (χ2n) is 5.78. The minimum Gasteiger partial charge on any atom is -0.336 e. The van der Waals surface area contributed by atoms with Crippen molar-refractivity contribution in [2.45, 2.75) is 64.4 Å². The van der Waals surface area contributed by atoms with Crippen molar-refractivity contribution in [2.24, 2.45) is 0 Å². The highest BCUT2D eigenvalue weighted by Gasteiger charge is 2.50. The average molecular weight is 319 g/mol. The summed E-state index contributed by atoms with van der Waals surface area (Å²) >= 11 is 6.89. The molecular weight excluding hydrogens is 294 g/mol. The number of hydrogen-bond donors (Lipinski definition) is 2. The molecule has 7 heteroatoms. The van der Waals surface area contributed by atoms with Crippen LogP contribution in [0.3, 0.4) is 0 Å². The standard InChI is InChI=1S/C13H25N3O2S2/c1-6-7-8-14-11(17)16(18)10-13(4,5)20-12(19)15(10)9(2)3/h9-10,18H,6-8H2,1-5H3,(H,14,17). The van der Waals surface area contributed by atoms with E-state index in [1.165, 1.54) is 11.8 Å². The third-order valence-electron chi connectivity index (χ3n) is 3.25. The number of nitrogens with one attached hydrogen (secondary N) is 1. The quantitative estimate of drug-likeness (QED) is 0.353. The van der Waals surface area contributed by atoms with Gasteiger partial charge >= 0.3 is 6.03 Å². The zero-order valence-corrected chi connectivity index (χ0v) is 14.5. The molecule has 1 heterocycles. The molecule has 1 atom stereocenters. The first-order valence-corrected chi connectivity index (χ1v) is 8.22. The summed E-state index contributed by atoms with van der Waals surface area (Å²) in [5.41, 5.74) is 0. The highest BCUT2D eigenvalue weighted by Crippen LogP contribution is 2.43. The molecule has 1 aliphatic rings. The third-order valence-corrected chi connectivity index (χ3v) is 4.83. The van der Waals surface area contributed by atoms with Gasteiger partial charge in [0, 0.05) is 12.6 Å². The van der Waals surface area contributed by atoms with Crippen LogP contribution in [0.25, 0.3) is 0 Å².